The molecule has 0 spiro atoms. The Hall–Kier alpha value is -3.46. The third-order valence-electron chi connectivity index (χ3n) is 6.61. The number of methoxy groups -OCH3 is 1. The first-order valence-corrected chi connectivity index (χ1v) is 11.0. The number of aromatic nitrogens is 5. The van der Waals surface area contributed by atoms with Crippen molar-refractivity contribution in [3.8, 4) is 11.3 Å². The Balaban J connectivity index is 1.46. The van der Waals surface area contributed by atoms with Crippen LogP contribution in [0.2, 0.25) is 0 Å². The molecule has 0 saturated heterocycles. The summed E-state index contributed by atoms with van der Waals surface area (Å²) in [5.74, 6) is 0.583. The van der Waals surface area contributed by atoms with Crippen LogP contribution in [-0.4, -0.2) is 56.4 Å². The highest BCUT2D eigenvalue weighted by Crippen LogP contribution is 2.40. The molecule has 0 aliphatic heterocycles. The van der Waals surface area contributed by atoms with Crippen LogP contribution in [0.5, 0.6) is 0 Å². The Morgan fingerprint density at radius 1 is 1.22 bits per heavy atom. The first kappa shape index (κ1) is 19.2. The molecule has 2 saturated carbocycles. The van der Waals surface area contributed by atoms with Crippen LogP contribution in [0.4, 0.5) is 5.82 Å². The minimum absolute atomic E-state index is 0.0250. The number of carbonyl (C=O) groups is 1. The van der Waals surface area contributed by atoms with Crippen molar-refractivity contribution >= 4 is 28.4 Å². The third kappa shape index (κ3) is 2.96. The summed E-state index contributed by atoms with van der Waals surface area (Å²) in [7, 11) is 3.52. The highest BCUT2D eigenvalue weighted by atomic mass is 16.5. The van der Waals surface area contributed by atoms with Crippen molar-refractivity contribution in [2.24, 2.45) is 0 Å². The fourth-order valence-electron chi connectivity index (χ4n) is 4.52. The molecular weight excluding hydrogens is 406 g/mol. The standard InChI is InChI=1S/C23H25N7O2/c1-24-20-10-18(16-12-29(13-5-6-13)21-14(16)4-3-9-25-21)27-22-15(11-26-30(20)22)23(31)28-17-7-8-19(17)32-2/h3-4,9-13,17,19,24H,5-8H2,1-2H3,(H,28,31)/t17-,19-/m0/s1. The minimum atomic E-state index is -0.180. The summed E-state index contributed by atoms with van der Waals surface area (Å²) >= 11 is 0. The lowest BCUT2D eigenvalue weighted by atomic mass is 9.89. The molecule has 2 aliphatic rings. The summed E-state index contributed by atoms with van der Waals surface area (Å²) in [6.07, 6.45) is 9.83. The lowest BCUT2D eigenvalue weighted by molar-refractivity contribution is 0.00732. The minimum Gasteiger partial charge on any atom is -0.379 e. The number of ether oxygens (including phenoxy) is 1. The summed E-state index contributed by atoms with van der Waals surface area (Å²) in [4.78, 5) is 22.6. The molecule has 2 aliphatic carbocycles. The van der Waals surface area contributed by atoms with Crippen molar-refractivity contribution in [1.29, 1.82) is 0 Å². The van der Waals surface area contributed by atoms with Gasteiger partial charge in [0.05, 0.1) is 24.0 Å². The maximum Gasteiger partial charge on any atom is 0.257 e. The molecule has 1 amide bonds. The molecule has 0 aromatic carbocycles. The number of fused-ring (bicyclic) bond motifs is 2. The van der Waals surface area contributed by atoms with Crippen molar-refractivity contribution in [2.45, 2.75) is 43.9 Å². The normalized spacial score (nSPS) is 20.4. The van der Waals surface area contributed by atoms with Gasteiger partial charge in [-0.05, 0) is 37.8 Å². The van der Waals surface area contributed by atoms with Gasteiger partial charge in [-0.25, -0.2) is 9.97 Å². The van der Waals surface area contributed by atoms with Crippen LogP contribution in [0.1, 0.15) is 42.1 Å². The molecule has 2 atom stereocenters. The van der Waals surface area contributed by atoms with Crippen LogP contribution in [0.15, 0.2) is 36.8 Å². The summed E-state index contributed by atoms with van der Waals surface area (Å²) in [6, 6.07) is 6.52. The maximum atomic E-state index is 13.1. The largest absolute Gasteiger partial charge is 0.379 e. The van der Waals surface area contributed by atoms with Crippen LogP contribution in [0.3, 0.4) is 0 Å². The number of carbonyl (C=O) groups excluding carboxylic acids is 1. The molecule has 164 valence electrons. The molecule has 0 radical (unpaired) electrons. The SMILES string of the molecule is CNc1cc(-c2cn(C3CC3)c3ncccc23)nc2c(C(=O)N[C@H]3CC[C@@H]3OC)cnn12. The number of pyridine rings is 1. The quantitative estimate of drug-likeness (QED) is 0.487. The van der Waals surface area contributed by atoms with Gasteiger partial charge in [0.2, 0.25) is 0 Å². The number of hydrogen-bond acceptors (Lipinski definition) is 6. The van der Waals surface area contributed by atoms with E-state index in [1.54, 1.807) is 17.8 Å². The monoisotopic (exact) mass is 431 g/mol. The van der Waals surface area contributed by atoms with E-state index in [1.165, 1.54) is 12.8 Å². The van der Waals surface area contributed by atoms with Gasteiger partial charge in [0.25, 0.3) is 5.91 Å². The Morgan fingerprint density at radius 2 is 2.09 bits per heavy atom. The van der Waals surface area contributed by atoms with E-state index < -0.39 is 0 Å². The number of amides is 1. The van der Waals surface area contributed by atoms with E-state index in [0.717, 1.165) is 41.0 Å². The molecule has 2 fully saturated rings. The topological polar surface area (TPSA) is 98.4 Å². The summed E-state index contributed by atoms with van der Waals surface area (Å²) in [6.45, 7) is 0. The average molecular weight is 432 g/mol. The Kier molecular flexibility index (Phi) is 4.39. The van der Waals surface area contributed by atoms with Gasteiger partial charge >= 0.3 is 0 Å². The van der Waals surface area contributed by atoms with Crippen molar-refractivity contribution in [1.82, 2.24) is 29.5 Å². The first-order valence-electron chi connectivity index (χ1n) is 11.0. The Morgan fingerprint density at radius 3 is 2.81 bits per heavy atom. The van der Waals surface area contributed by atoms with Gasteiger partial charge in [0, 0.05) is 49.6 Å². The summed E-state index contributed by atoms with van der Waals surface area (Å²) in [5.41, 5.74) is 3.74. The van der Waals surface area contributed by atoms with E-state index in [2.05, 4.69) is 37.5 Å². The van der Waals surface area contributed by atoms with E-state index in [9.17, 15) is 4.79 Å². The van der Waals surface area contributed by atoms with Gasteiger partial charge in [-0.3, -0.25) is 4.79 Å². The highest BCUT2D eigenvalue weighted by molar-refractivity contribution is 6.01. The number of nitrogens with zero attached hydrogens (tertiary/aromatic N) is 5. The van der Waals surface area contributed by atoms with Gasteiger partial charge in [-0.2, -0.15) is 9.61 Å². The highest BCUT2D eigenvalue weighted by Gasteiger charge is 2.33. The number of hydrogen-bond donors (Lipinski definition) is 2. The molecule has 6 rings (SSSR count). The zero-order valence-corrected chi connectivity index (χ0v) is 18.1. The van der Waals surface area contributed by atoms with E-state index in [-0.39, 0.29) is 18.1 Å². The average Bonchev–Trinajstić information content (AvgIpc) is 3.43. The molecule has 0 bridgehead atoms. The fraction of sp³-hybridized carbons (Fsp3) is 0.391. The second-order valence-corrected chi connectivity index (χ2v) is 8.56. The van der Waals surface area contributed by atoms with Crippen LogP contribution in [-0.2, 0) is 4.74 Å². The lowest BCUT2D eigenvalue weighted by Gasteiger charge is -2.35. The maximum absolute atomic E-state index is 13.1. The van der Waals surface area contributed by atoms with Crippen LogP contribution in [0.25, 0.3) is 27.9 Å². The van der Waals surface area contributed by atoms with E-state index in [1.807, 2.05) is 25.4 Å². The smallest absolute Gasteiger partial charge is 0.257 e. The van der Waals surface area contributed by atoms with Crippen molar-refractivity contribution in [3.05, 3.63) is 42.4 Å². The summed E-state index contributed by atoms with van der Waals surface area (Å²) in [5, 5.41) is 11.7. The molecule has 9 nitrogen and oxygen atoms in total. The van der Waals surface area contributed by atoms with Crippen LogP contribution >= 0.6 is 0 Å². The second-order valence-electron chi connectivity index (χ2n) is 8.56. The van der Waals surface area contributed by atoms with E-state index in [4.69, 9.17) is 9.72 Å². The van der Waals surface area contributed by atoms with Crippen molar-refractivity contribution in [2.75, 3.05) is 19.5 Å². The zero-order valence-electron chi connectivity index (χ0n) is 18.1. The van der Waals surface area contributed by atoms with Gasteiger partial charge in [-0.1, -0.05) is 0 Å². The molecule has 2 N–H and O–H groups in total. The van der Waals surface area contributed by atoms with Crippen molar-refractivity contribution < 1.29 is 9.53 Å². The van der Waals surface area contributed by atoms with Crippen LogP contribution in [0, 0.1) is 0 Å². The van der Waals surface area contributed by atoms with Crippen molar-refractivity contribution in [3.63, 3.8) is 0 Å². The molecule has 0 unspecified atom stereocenters. The molecule has 9 heteroatoms. The molecule has 4 aromatic heterocycles. The second kappa shape index (κ2) is 7.30. The fourth-order valence-corrected chi connectivity index (χ4v) is 4.52. The number of rotatable bonds is 6. The number of nitrogens with one attached hydrogen (secondary N) is 2. The van der Waals surface area contributed by atoms with E-state index >= 15 is 0 Å². The third-order valence-corrected chi connectivity index (χ3v) is 6.61. The first-order chi connectivity index (χ1) is 15.7. The van der Waals surface area contributed by atoms with Gasteiger partial charge in [0.1, 0.15) is 17.0 Å². The zero-order chi connectivity index (χ0) is 21.8. The lowest BCUT2D eigenvalue weighted by Crippen LogP contribution is -2.51. The predicted octanol–water partition coefficient (Wildman–Crippen LogP) is 3.03. The van der Waals surface area contributed by atoms with Gasteiger partial charge < -0.3 is 19.9 Å². The van der Waals surface area contributed by atoms with Gasteiger partial charge in [-0.15, -0.1) is 0 Å². The molecule has 32 heavy (non-hydrogen) atoms. The Bertz CT molecular complexity index is 1340. The molecular formula is C23H25N7O2. The van der Waals surface area contributed by atoms with Crippen LogP contribution < -0.4 is 10.6 Å². The predicted molar refractivity (Wildman–Crippen MR) is 121 cm³/mol. The summed E-state index contributed by atoms with van der Waals surface area (Å²) < 4.78 is 9.34. The molecule has 4 heterocycles. The molecule has 4 aromatic rings. The van der Waals surface area contributed by atoms with Gasteiger partial charge in [0.15, 0.2) is 5.65 Å². The Labute approximate surface area is 184 Å². The number of anilines is 1. The van der Waals surface area contributed by atoms with E-state index in [0.29, 0.717) is 17.3 Å².